The molecule has 0 amide bonds. The van der Waals surface area contributed by atoms with Gasteiger partial charge in [-0.1, -0.05) is 18.2 Å². The Morgan fingerprint density at radius 1 is 1.19 bits per heavy atom. The minimum absolute atomic E-state index is 0.0828. The Hall–Kier alpha value is -1.92. The Morgan fingerprint density at radius 3 is 2.48 bits per heavy atom. The zero-order valence-electron chi connectivity index (χ0n) is 11.9. The number of hydrogen-bond donors (Lipinski definition) is 2. The molecule has 0 heterocycles. The van der Waals surface area contributed by atoms with Gasteiger partial charge in [0, 0.05) is 17.8 Å². The van der Waals surface area contributed by atoms with Crippen LogP contribution in [0.4, 0.5) is 10.1 Å². The van der Waals surface area contributed by atoms with Gasteiger partial charge in [-0.25, -0.2) is 17.5 Å². The smallest absolute Gasteiger partial charge is 0.240 e. The summed E-state index contributed by atoms with van der Waals surface area (Å²) in [4.78, 5) is 0.0828. The van der Waals surface area contributed by atoms with Crippen molar-refractivity contribution in [2.45, 2.75) is 25.3 Å². The van der Waals surface area contributed by atoms with E-state index < -0.39 is 15.8 Å². The Bertz CT molecular complexity index is 750. The molecule has 2 aromatic rings. The highest BCUT2D eigenvalue weighted by Crippen LogP contribution is 2.21. The van der Waals surface area contributed by atoms with Gasteiger partial charge in [-0.05, 0) is 43.2 Å². The summed E-state index contributed by atoms with van der Waals surface area (Å²) in [6, 6.07) is 8.99. The summed E-state index contributed by atoms with van der Waals surface area (Å²) in [5.41, 5.74) is 8.15. The molecular formula is C15H17FN2O2S. The first-order chi connectivity index (χ1) is 9.81. The summed E-state index contributed by atoms with van der Waals surface area (Å²) >= 11 is 0. The summed E-state index contributed by atoms with van der Waals surface area (Å²) in [6.45, 7) is 3.51. The van der Waals surface area contributed by atoms with E-state index in [-0.39, 0.29) is 17.0 Å². The number of anilines is 1. The molecule has 0 fully saturated rings. The number of halogens is 1. The zero-order valence-corrected chi connectivity index (χ0v) is 12.7. The van der Waals surface area contributed by atoms with Crippen LogP contribution in [-0.4, -0.2) is 8.42 Å². The SMILES string of the molecule is Cc1cc(S(=O)(=O)NCc2ccccc2F)cc(N)c1C. The third kappa shape index (κ3) is 3.40. The lowest BCUT2D eigenvalue weighted by Gasteiger charge is -2.11. The first-order valence-corrected chi connectivity index (χ1v) is 7.89. The molecule has 0 radical (unpaired) electrons. The molecule has 6 heteroatoms. The minimum atomic E-state index is -3.73. The van der Waals surface area contributed by atoms with Crippen molar-refractivity contribution in [3.05, 3.63) is 58.9 Å². The van der Waals surface area contributed by atoms with Gasteiger partial charge in [-0.3, -0.25) is 0 Å². The molecule has 112 valence electrons. The van der Waals surface area contributed by atoms with Crippen molar-refractivity contribution in [3.8, 4) is 0 Å². The van der Waals surface area contributed by atoms with Crippen LogP contribution in [0.5, 0.6) is 0 Å². The van der Waals surface area contributed by atoms with Gasteiger partial charge in [0.15, 0.2) is 0 Å². The molecule has 2 rings (SSSR count). The van der Waals surface area contributed by atoms with Crippen molar-refractivity contribution in [1.29, 1.82) is 0 Å². The number of nitrogens with two attached hydrogens (primary N) is 1. The van der Waals surface area contributed by atoms with Crippen LogP contribution in [0.1, 0.15) is 16.7 Å². The Morgan fingerprint density at radius 2 is 1.86 bits per heavy atom. The molecule has 0 atom stereocenters. The second-order valence-electron chi connectivity index (χ2n) is 4.87. The van der Waals surface area contributed by atoms with Gasteiger partial charge in [0.05, 0.1) is 4.90 Å². The lowest BCUT2D eigenvalue weighted by Crippen LogP contribution is -2.24. The monoisotopic (exact) mass is 308 g/mol. The normalized spacial score (nSPS) is 11.6. The molecular weight excluding hydrogens is 291 g/mol. The molecule has 0 aliphatic heterocycles. The highest BCUT2D eigenvalue weighted by molar-refractivity contribution is 7.89. The molecule has 0 aromatic heterocycles. The van der Waals surface area contributed by atoms with Gasteiger partial charge in [-0.15, -0.1) is 0 Å². The van der Waals surface area contributed by atoms with E-state index >= 15 is 0 Å². The van der Waals surface area contributed by atoms with Crippen LogP contribution >= 0.6 is 0 Å². The van der Waals surface area contributed by atoms with Crippen LogP contribution in [-0.2, 0) is 16.6 Å². The molecule has 0 spiro atoms. The highest BCUT2D eigenvalue weighted by atomic mass is 32.2. The molecule has 2 aromatic carbocycles. The summed E-state index contributed by atoms with van der Waals surface area (Å²) < 4.78 is 40.4. The third-order valence-corrected chi connectivity index (χ3v) is 4.78. The van der Waals surface area contributed by atoms with Gasteiger partial charge in [0.25, 0.3) is 0 Å². The summed E-state index contributed by atoms with van der Waals surface area (Å²) in [6.07, 6.45) is 0. The van der Waals surface area contributed by atoms with Crippen LogP contribution in [0.25, 0.3) is 0 Å². The number of nitrogen functional groups attached to an aromatic ring is 1. The van der Waals surface area contributed by atoms with Gasteiger partial charge in [0.1, 0.15) is 5.82 Å². The van der Waals surface area contributed by atoms with Crippen molar-refractivity contribution in [2.24, 2.45) is 0 Å². The van der Waals surface area contributed by atoms with Crippen molar-refractivity contribution in [2.75, 3.05) is 5.73 Å². The fourth-order valence-corrected chi connectivity index (χ4v) is 3.03. The molecule has 0 bridgehead atoms. The van der Waals surface area contributed by atoms with E-state index in [1.807, 2.05) is 6.92 Å². The lowest BCUT2D eigenvalue weighted by molar-refractivity contribution is 0.574. The predicted molar refractivity (Wildman–Crippen MR) is 80.8 cm³/mol. The average molecular weight is 308 g/mol. The maximum atomic E-state index is 13.5. The molecule has 4 nitrogen and oxygen atoms in total. The van der Waals surface area contributed by atoms with Crippen molar-refractivity contribution >= 4 is 15.7 Å². The molecule has 0 saturated heterocycles. The van der Waals surface area contributed by atoms with Gasteiger partial charge >= 0.3 is 0 Å². The first-order valence-electron chi connectivity index (χ1n) is 6.41. The molecule has 3 N–H and O–H groups in total. The van der Waals surface area contributed by atoms with E-state index in [1.165, 1.54) is 18.2 Å². The molecule has 0 unspecified atom stereocenters. The zero-order chi connectivity index (χ0) is 15.6. The number of hydrogen-bond acceptors (Lipinski definition) is 3. The quantitative estimate of drug-likeness (QED) is 0.852. The number of aryl methyl sites for hydroxylation is 1. The molecule has 0 saturated carbocycles. The van der Waals surface area contributed by atoms with E-state index in [0.29, 0.717) is 5.69 Å². The van der Waals surface area contributed by atoms with Crippen LogP contribution in [0, 0.1) is 19.7 Å². The van der Waals surface area contributed by atoms with E-state index in [2.05, 4.69) is 4.72 Å². The Balaban J connectivity index is 2.25. The Labute approximate surface area is 123 Å². The van der Waals surface area contributed by atoms with Crippen LogP contribution in [0.2, 0.25) is 0 Å². The fraction of sp³-hybridized carbons (Fsp3) is 0.200. The molecule has 0 aliphatic carbocycles. The highest BCUT2D eigenvalue weighted by Gasteiger charge is 2.16. The summed E-state index contributed by atoms with van der Waals surface area (Å²) in [7, 11) is -3.73. The van der Waals surface area contributed by atoms with Crippen LogP contribution in [0.15, 0.2) is 41.3 Å². The molecule has 0 aliphatic rings. The van der Waals surface area contributed by atoms with E-state index in [4.69, 9.17) is 5.73 Å². The Kier molecular flexibility index (Phi) is 4.29. The van der Waals surface area contributed by atoms with Gasteiger partial charge in [0.2, 0.25) is 10.0 Å². The summed E-state index contributed by atoms with van der Waals surface area (Å²) in [5.74, 6) is -0.445. The maximum Gasteiger partial charge on any atom is 0.240 e. The molecule has 21 heavy (non-hydrogen) atoms. The van der Waals surface area contributed by atoms with Crippen molar-refractivity contribution < 1.29 is 12.8 Å². The van der Waals surface area contributed by atoms with Crippen molar-refractivity contribution in [1.82, 2.24) is 4.72 Å². The predicted octanol–water partition coefficient (Wildman–Crippen LogP) is 2.50. The van der Waals surface area contributed by atoms with E-state index in [1.54, 1.807) is 25.1 Å². The number of rotatable bonds is 4. The lowest BCUT2D eigenvalue weighted by atomic mass is 10.1. The first kappa shape index (κ1) is 15.5. The standard InChI is InChI=1S/C15H17FN2O2S/c1-10-7-13(8-15(17)11(10)2)21(19,20)18-9-12-5-3-4-6-14(12)16/h3-8,18H,9,17H2,1-2H3. The van der Waals surface area contributed by atoms with E-state index in [9.17, 15) is 12.8 Å². The average Bonchev–Trinajstić information content (AvgIpc) is 2.43. The summed E-state index contributed by atoms with van der Waals surface area (Å²) in [5, 5.41) is 0. The van der Waals surface area contributed by atoms with Gasteiger partial charge in [-0.2, -0.15) is 0 Å². The van der Waals surface area contributed by atoms with Gasteiger partial charge < -0.3 is 5.73 Å². The topological polar surface area (TPSA) is 72.2 Å². The second-order valence-corrected chi connectivity index (χ2v) is 6.64. The van der Waals surface area contributed by atoms with Crippen LogP contribution in [0.3, 0.4) is 0 Å². The van der Waals surface area contributed by atoms with E-state index in [0.717, 1.165) is 11.1 Å². The largest absolute Gasteiger partial charge is 0.398 e. The maximum absolute atomic E-state index is 13.5. The van der Waals surface area contributed by atoms with Crippen LogP contribution < -0.4 is 10.5 Å². The number of benzene rings is 2. The second kappa shape index (κ2) is 5.83. The van der Waals surface area contributed by atoms with Crippen molar-refractivity contribution in [3.63, 3.8) is 0 Å². The number of nitrogens with one attached hydrogen (secondary N) is 1. The number of sulfonamides is 1. The minimum Gasteiger partial charge on any atom is -0.398 e. The fourth-order valence-electron chi connectivity index (χ4n) is 1.91. The third-order valence-electron chi connectivity index (χ3n) is 3.40.